The number of halogens is 3. The van der Waals surface area contributed by atoms with E-state index in [9.17, 15) is 0 Å². The summed E-state index contributed by atoms with van der Waals surface area (Å²) in [5.74, 6) is 0. The smallest absolute Gasteiger partial charge is 0.102 e. The number of hydrogen-bond donors (Lipinski definition) is 0. The summed E-state index contributed by atoms with van der Waals surface area (Å²) in [7, 11) is 0. The van der Waals surface area contributed by atoms with Gasteiger partial charge in [-0.25, -0.2) is 0 Å². The Kier molecular flexibility index (Phi) is 4.58. The maximum atomic E-state index is 9.14. The normalized spacial score (nSPS) is 10.1. The van der Waals surface area contributed by atoms with Crippen LogP contribution in [0.3, 0.4) is 0 Å². The van der Waals surface area contributed by atoms with Gasteiger partial charge >= 0.3 is 0 Å². The van der Waals surface area contributed by atoms with Crippen LogP contribution in [-0.4, -0.2) is 0 Å². The van der Waals surface area contributed by atoms with Crippen molar-refractivity contribution in [1.29, 1.82) is 5.26 Å². The second-order valence-electron chi connectivity index (χ2n) is 3.40. The number of hydrogen-bond acceptors (Lipinski definition) is 2. The lowest BCUT2D eigenvalue weighted by molar-refractivity contribution is 1.33. The molecule has 90 valence electrons. The van der Waals surface area contributed by atoms with E-state index in [-0.39, 0.29) is 0 Å². The van der Waals surface area contributed by atoms with E-state index in [0.29, 0.717) is 15.6 Å². The van der Waals surface area contributed by atoms with E-state index in [0.717, 1.165) is 14.3 Å². The van der Waals surface area contributed by atoms with Crippen LogP contribution in [-0.2, 0) is 0 Å². The lowest BCUT2D eigenvalue weighted by Gasteiger charge is -2.06. The molecule has 0 radical (unpaired) electrons. The molecule has 2 aromatic carbocycles. The Bertz CT molecular complexity index is 637. The molecule has 0 saturated carbocycles. The summed E-state index contributed by atoms with van der Waals surface area (Å²) in [4.78, 5) is 1.82. The number of benzene rings is 2. The van der Waals surface area contributed by atoms with E-state index in [2.05, 4.69) is 22.0 Å². The van der Waals surface area contributed by atoms with Gasteiger partial charge in [0.2, 0.25) is 0 Å². The van der Waals surface area contributed by atoms with Crippen molar-refractivity contribution in [3.63, 3.8) is 0 Å². The van der Waals surface area contributed by atoms with Crippen LogP contribution in [0.1, 0.15) is 5.56 Å². The minimum Gasteiger partial charge on any atom is -0.192 e. The molecule has 0 heterocycles. The van der Waals surface area contributed by atoms with Gasteiger partial charge in [0.25, 0.3) is 0 Å². The Morgan fingerprint density at radius 2 is 1.89 bits per heavy atom. The Labute approximate surface area is 128 Å². The Balaban J connectivity index is 2.37. The van der Waals surface area contributed by atoms with Gasteiger partial charge in [-0.05, 0) is 46.3 Å². The van der Waals surface area contributed by atoms with Crippen LogP contribution < -0.4 is 0 Å². The van der Waals surface area contributed by atoms with Gasteiger partial charge in [-0.15, -0.1) is 0 Å². The minimum absolute atomic E-state index is 0.509. The summed E-state index contributed by atoms with van der Waals surface area (Å²) in [5, 5.41) is 10.2. The quantitative estimate of drug-likeness (QED) is 0.679. The van der Waals surface area contributed by atoms with E-state index in [1.54, 1.807) is 12.1 Å². The highest BCUT2D eigenvalue weighted by molar-refractivity contribution is 9.10. The molecule has 0 aliphatic carbocycles. The lowest BCUT2D eigenvalue weighted by Crippen LogP contribution is -1.83. The fourth-order valence-electron chi connectivity index (χ4n) is 1.37. The number of nitrogens with zero attached hydrogens (tertiary/aromatic N) is 1. The van der Waals surface area contributed by atoms with Crippen LogP contribution in [0, 0.1) is 11.3 Å². The van der Waals surface area contributed by atoms with Crippen molar-refractivity contribution >= 4 is 50.9 Å². The summed E-state index contributed by atoms with van der Waals surface area (Å²) in [6, 6.07) is 13.2. The van der Waals surface area contributed by atoms with E-state index < -0.39 is 0 Å². The van der Waals surface area contributed by atoms with Crippen molar-refractivity contribution in [2.45, 2.75) is 9.79 Å². The summed E-state index contributed by atoms with van der Waals surface area (Å²) >= 11 is 16.7. The molecular weight excluding hydrogens is 353 g/mol. The Morgan fingerprint density at radius 3 is 2.56 bits per heavy atom. The predicted octanol–water partition coefficient (Wildman–Crippen LogP) is 5.78. The highest BCUT2D eigenvalue weighted by Crippen LogP contribution is 2.35. The molecule has 0 fully saturated rings. The highest BCUT2D eigenvalue weighted by atomic mass is 79.9. The second kappa shape index (κ2) is 5.99. The Morgan fingerprint density at radius 1 is 1.11 bits per heavy atom. The minimum atomic E-state index is 0.509. The third kappa shape index (κ3) is 3.02. The summed E-state index contributed by atoms with van der Waals surface area (Å²) in [6.45, 7) is 0. The molecular formula is C13H6BrCl2NS. The van der Waals surface area contributed by atoms with Gasteiger partial charge in [0.1, 0.15) is 6.07 Å². The van der Waals surface area contributed by atoms with Gasteiger partial charge in [-0.1, -0.05) is 41.0 Å². The van der Waals surface area contributed by atoms with E-state index >= 15 is 0 Å². The molecule has 0 bridgehead atoms. The summed E-state index contributed by atoms with van der Waals surface area (Å²) in [6.07, 6.45) is 0. The third-order valence-electron chi connectivity index (χ3n) is 2.21. The summed E-state index contributed by atoms with van der Waals surface area (Å²) in [5.41, 5.74) is 0.619. The van der Waals surface area contributed by atoms with Crippen LogP contribution in [0.4, 0.5) is 0 Å². The van der Waals surface area contributed by atoms with Crippen molar-refractivity contribution in [2.24, 2.45) is 0 Å². The molecule has 0 aliphatic heterocycles. The topological polar surface area (TPSA) is 23.8 Å². The molecule has 1 nitrogen and oxygen atoms in total. The van der Waals surface area contributed by atoms with E-state index in [4.69, 9.17) is 28.5 Å². The van der Waals surface area contributed by atoms with Gasteiger partial charge in [-0.2, -0.15) is 5.26 Å². The maximum Gasteiger partial charge on any atom is 0.102 e. The van der Waals surface area contributed by atoms with Gasteiger partial charge in [0, 0.05) is 14.3 Å². The monoisotopic (exact) mass is 357 g/mol. The molecule has 0 N–H and O–H groups in total. The van der Waals surface area contributed by atoms with Gasteiger partial charge in [0.15, 0.2) is 0 Å². The van der Waals surface area contributed by atoms with Crippen molar-refractivity contribution in [3.05, 3.63) is 56.5 Å². The number of nitriles is 1. The maximum absolute atomic E-state index is 9.14. The largest absolute Gasteiger partial charge is 0.192 e. The van der Waals surface area contributed by atoms with E-state index in [1.807, 2.05) is 24.3 Å². The first kappa shape index (κ1) is 13.8. The van der Waals surface area contributed by atoms with E-state index in [1.165, 1.54) is 11.8 Å². The molecule has 0 aliphatic rings. The van der Waals surface area contributed by atoms with Gasteiger partial charge in [-0.3, -0.25) is 0 Å². The molecule has 0 saturated heterocycles. The van der Waals surface area contributed by atoms with Crippen LogP contribution in [0.5, 0.6) is 0 Å². The molecule has 0 spiro atoms. The molecule has 2 aromatic rings. The zero-order valence-corrected chi connectivity index (χ0v) is 12.9. The van der Waals surface area contributed by atoms with Crippen LogP contribution in [0.25, 0.3) is 0 Å². The first-order valence-corrected chi connectivity index (χ1v) is 7.30. The van der Waals surface area contributed by atoms with Crippen LogP contribution in [0.15, 0.2) is 50.7 Å². The third-order valence-corrected chi connectivity index (χ3v) is 4.66. The highest BCUT2D eigenvalue weighted by Gasteiger charge is 2.08. The molecule has 0 unspecified atom stereocenters. The van der Waals surface area contributed by atoms with Crippen molar-refractivity contribution in [3.8, 4) is 6.07 Å². The average Bonchev–Trinajstić information content (AvgIpc) is 2.34. The predicted molar refractivity (Wildman–Crippen MR) is 79.4 cm³/mol. The second-order valence-corrected chi connectivity index (χ2v) is 6.19. The first-order valence-electron chi connectivity index (χ1n) is 4.93. The lowest BCUT2D eigenvalue weighted by atomic mass is 10.2. The van der Waals surface area contributed by atoms with Gasteiger partial charge in [0.05, 0.1) is 15.6 Å². The van der Waals surface area contributed by atoms with Crippen LogP contribution >= 0.6 is 50.9 Å². The molecule has 2 rings (SSSR count). The molecule has 0 amide bonds. The van der Waals surface area contributed by atoms with Crippen molar-refractivity contribution in [1.82, 2.24) is 0 Å². The van der Waals surface area contributed by atoms with Gasteiger partial charge < -0.3 is 0 Å². The standard InChI is InChI=1S/C13H6BrCl2NS/c14-10-2-1-3-13(9(10)7-17)18-8-4-5-11(15)12(16)6-8/h1-6H. The molecule has 5 heteroatoms. The number of rotatable bonds is 2. The average molecular weight is 359 g/mol. The first-order chi connectivity index (χ1) is 8.61. The molecule has 0 aromatic heterocycles. The van der Waals surface area contributed by atoms with Crippen molar-refractivity contribution < 1.29 is 0 Å². The zero-order valence-electron chi connectivity index (χ0n) is 8.95. The molecule has 18 heavy (non-hydrogen) atoms. The molecule has 0 atom stereocenters. The Hall–Kier alpha value is -0.660. The van der Waals surface area contributed by atoms with Crippen LogP contribution in [0.2, 0.25) is 10.0 Å². The fraction of sp³-hybridized carbons (Fsp3) is 0. The fourth-order valence-corrected chi connectivity index (χ4v) is 3.29. The summed E-state index contributed by atoms with van der Waals surface area (Å²) < 4.78 is 0.787. The SMILES string of the molecule is N#Cc1c(Br)cccc1Sc1ccc(Cl)c(Cl)c1. The zero-order chi connectivity index (χ0) is 13.1. The van der Waals surface area contributed by atoms with Crippen molar-refractivity contribution in [2.75, 3.05) is 0 Å².